The van der Waals surface area contributed by atoms with Gasteiger partial charge in [0, 0.05) is 23.2 Å². The second kappa shape index (κ2) is 7.45. The number of unbranched alkanes of at least 4 members (excludes halogenated alkanes) is 2. The minimum Gasteiger partial charge on any atom is -0.396 e. The first-order valence-electron chi connectivity index (χ1n) is 5.80. The first-order valence-corrected chi connectivity index (χ1v) is 6.59. The third-order valence-corrected chi connectivity index (χ3v) is 3.41. The van der Waals surface area contributed by atoms with E-state index in [1.165, 1.54) is 0 Å². The van der Waals surface area contributed by atoms with E-state index in [-0.39, 0.29) is 12.5 Å². The van der Waals surface area contributed by atoms with Gasteiger partial charge in [0.25, 0.3) is 5.91 Å². The number of nitrogens with one attached hydrogen (secondary N) is 1. The average Bonchev–Trinajstić information content (AvgIpc) is 2.32. The molecule has 0 aromatic heterocycles. The number of amides is 1. The molecule has 0 saturated carbocycles. The van der Waals surface area contributed by atoms with Crippen molar-refractivity contribution in [2.75, 3.05) is 13.2 Å². The van der Waals surface area contributed by atoms with Crippen LogP contribution in [0.25, 0.3) is 0 Å². The van der Waals surface area contributed by atoms with E-state index in [4.69, 9.17) is 5.11 Å². The van der Waals surface area contributed by atoms with Crippen LogP contribution in [0.3, 0.4) is 0 Å². The fourth-order valence-electron chi connectivity index (χ4n) is 1.45. The van der Waals surface area contributed by atoms with Crippen LogP contribution in [0, 0.1) is 6.92 Å². The molecule has 94 valence electrons. The van der Waals surface area contributed by atoms with Gasteiger partial charge in [-0.15, -0.1) is 0 Å². The van der Waals surface area contributed by atoms with E-state index in [0.717, 1.165) is 29.3 Å². The Balaban J connectivity index is 2.39. The molecule has 3 nitrogen and oxygen atoms in total. The fraction of sp³-hybridized carbons (Fsp3) is 0.462. The first-order chi connectivity index (χ1) is 8.15. The maximum Gasteiger partial charge on any atom is 0.251 e. The number of carbonyl (C=O) groups excluding carboxylic acids is 1. The van der Waals surface area contributed by atoms with Gasteiger partial charge in [-0.05, 0) is 43.9 Å². The van der Waals surface area contributed by atoms with Crippen LogP contribution in [0.1, 0.15) is 35.2 Å². The van der Waals surface area contributed by atoms with Gasteiger partial charge < -0.3 is 10.4 Å². The van der Waals surface area contributed by atoms with Gasteiger partial charge in [-0.25, -0.2) is 0 Å². The lowest BCUT2D eigenvalue weighted by Crippen LogP contribution is -2.24. The lowest BCUT2D eigenvalue weighted by atomic mass is 10.1. The maximum atomic E-state index is 11.8. The molecule has 0 spiro atoms. The minimum absolute atomic E-state index is 0.0466. The van der Waals surface area contributed by atoms with Crippen LogP contribution in [-0.4, -0.2) is 24.2 Å². The summed E-state index contributed by atoms with van der Waals surface area (Å²) in [7, 11) is 0. The molecule has 0 radical (unpaired) electrons. The lowest BCUT2D eigenvalue weighted by Gasteiger charge is -2.06. The van der Waals surface area contributed by atoms with Crippen molar-refractivity contribution in [1.29, 1.82) is 0 Å². The highest BCUT2D eigenvalue weighted by molar-refractivity contribution is 9.10. The quantitative estimate of drug-likeness (QED) is 0.794. The molecule has 2 N–H and O–H groups in total. The molecule has 0 aliphatic rings. The topological polar surface area (TPSA) is 49.3 Å². The van der Waals surface area contributed by atoms with Crippen LogP contribution in [0.4, 0.5) is 0 Å². The highest BCUT2D eigenvalue weighted by Gasteiger charge is 2.05. The predicted octanol–water partition coefficient (Wildman–Crippen LogP) is 2.65. The smallest absolute Gasteiger partial charge is 0.251 e. The third-order valence-electron chi connectivity index (χ3n) is 2.55. The Labute approximate surface area is 110 Å². The molecule has 0 saturated heterocycles. The SMILES string of the molecule is Cc1ccc(C(=O)NCCCCCO)cc1Br. The molecule has 0 fully saturated rings. The lowest BCUT2D eigenvalue weighted by molar-refractivity contribution is 0.0953. The Hall–Kier alpha value is -0.870. The summed E-state index contributed by atoms with van der Waals surface area (Å²) in [6.07, 6.45) is 2.64. The van der Waals surface area contributed by atoms with Gasteiger partial charge in [-0.3, -0.25) is 4.79 Å². The standard InChI is InChI=1S/C13H18BrNO2/c1-10-5-6-11(9-12(10)14)13(17)15-7-3-2-4-8-16/h5-6,9,16H,2-4,7-8H2,1H3,(H,15,17). The van der Waals surface area contributed by atoms with Gasteiger partial charge >= 0.3 is 0 Å². The monoisotopic (exact) mass is 299 g/mol. The first kappa shape index (κ1) is 14.2. The average molecular weight is 300 g/mol. The molecular formula is C13H18BrNO2. The van der Waals surface area contributed by atoms with E-state index < -0.39 is 0 Å². The van der Waals surface area contributed by atoms with Crippen LogP contribution in [0.5, 0.6) is 0 Å². The molecular weight excluding hydrogens is 282 g/mol. The molecule has 17 heavy (non-hydrogen) atoms. The second-order valence-electron chi connectivity index (χ2n) is 4.00. The Morgan fingerprint density at radius 3 is 2.76 bits per heavy atom. The molecule has 1 rings (SSSR count). The summed E-state index contributed by atoms with van der Waals surface area (Å²) in [5, 5.41) is 11.5. The summed E-state index contributed by atoms with van der Waals surface area (Å²) in [6, 6.07) is 5.58. The molecule has 4 heteroatoms. The summed E-state index contributed by atoms with van der Waals surface area (Å²) < 4.78 is 0.949. The highest BCUT2D eigenvalue weighted by Crippen LogP contribution is 2.17. The van der Waals surface area contributed by atoms with E-state index in [1.54, 1.807) is 0 Å². The number of halogens is 1. The van der Waals surface area contributed by atoms with Crippen molar-refractivity contribution in [2.45, 2.75) is 26.2 Å². The van der Waals surface area contributed by atoms with Crippen LogP contribution in [-0.2, 0) is 0 Å². The maximum absolute atomic E-state index is 11.8. The van der Waals surface area contributed by atoms with E-state index in [0.29, 0.717) is 12.1 Å². The summed E-state index contributed by atoms with van der Waals surface area (Å²) in [5.74, 6) is -0.0466. The molecule has 0 aliphatic heterocycles. The van der Waals surface area contributed by atoms with E-state index in [2.05, 4.69) is 21.2 Å². The van der Waals surface area contributed by atoms with Crippen LogP contribution >= 0.6 is 15.9 Å². The number of aliphatic hydroxyl groups is 1. The van der Waals surface area contributed by atoms with Gasteiger partial charge in [0.05, 0.1) is 0 Å². The van der Waals surface area contributed by atoms with Crippen molar-refractivity contribution in [3.05, 3.63) is 33.8 Å². The van der Waals surface area contributed by atoms with Crippen LogP contribution in [0.2, 0.25) is 0 Å². The molecule has 0 unspecified atom stereocenters. The van der Waals surface area contributed by atoms with Crippen LogP contribution < -0.4 is 5.32 Å². The normalized spacial score (nSPS) is 10.3. The second-order valence-corrected chi connectivity index (χ2v) is 4.86. The number of benzene rings is 1. The van der Waals surface area contributed by atoms with E-state index in [9.17, 15) is 4.79 Å². The summed E-state index contributed by atoms with van der Waals surface area (Å²) in [5.41, 5.74) is 1.79. The zero-order valence-electron chi connectivity index (χ0n) is 10.0. The molecule has 0 heterocycles. The Bertz CT molecular complexity index is 380. The zero-order chi connectivity index (χ0) is 12.7. The molecule has 0 bridgehead atoms. The Morgan fingerprint density at radius 1 is 1.35 bits per heavy atom. The minimum atomic E-state index is -0.0466. The predicted molar refractivity (Wildman–Crippen MR) is 72.1 cm³/mol. The van der Waals surface area contributed by atoms with Gasteiger partial charge in [0.15, 0.2) is 0 Å². The van der Waals surface area contributed by atoms with Crippen molar-refractivity contribution < 1.29 is 9.90 Å². The number of aryl methyl sites for hydroxylation is 1. The van der Waals surface area contributed by atoms with E-state index >= 15 is 0 Å². The summed E-state index contributed by atoms with van der Waals surface area (Å²) >= 11 is 3.41. The molecule has 1 amide bonds. The molecule has 1 aromatic carbocycles. The van der Waals surface area contributed by atoms with E-state index in [1.807, 2.05) is 25.1 Å². The Morgan fingerprint density at radius 2 is 2.12 bits per heavy atom. The number of carbonyl (C=O) groups is 1. The molecule has 1 aromatic rings. The molecule has 0 aliphatic carbocycles. The van der Waals surface area contributed by atoms with Crippen molar-refractivity contribution in [3.63, 3.8) is 0 Å². The van der Waals surface area contributed by atoms with Gasteiger partial charge in [-0.1, -0.05) is 22.0 Å². The number of aliphatic hydroxyl groups excluding tert-OH is 1. The van der Waals surface area contributed by atoms with Crippen molar-refractivity contribution in [1.82, 2.24) is 5.32 Å². The van der Waals surface area contributed by atoms with Crippen molar-refractivity contribution in [3.8, 4) is 0 Å². The third kappa shape index (κ3) is 4.88. The van der Waals surface area contributed by atoms with Crippen molar-refractivity contribution in [2.24, 2.45) is 0 Å². The van der Waals surface area contributed by atoms with Gasteiger partial charge in [0.1, 0.15) is 0 Å². The van der Waals surface area contributed by atoms with Crippen molar-refractivity contribution >= 4 is 21.8 Å². The van der Waals surface area contributed by atoms with Gasteiger partial charge in [-0.2, -0.15) is 0 Å². The highest BCUT2D eigenvalue weighted by atomic mass is 79.9. The largest absolute Gasteiger partial charge is 0.396 e. The Kier molecular flexibility index (Phi) is 6.22. The number of hydrogen-bond acceptors (Lipinski definition) is 2. The molecule has 0 atom stereocenters. The zero-order valence-corrected chi connectivity index (χ0v) is 11.6. The number of hydrogen-bond donors (Lipinski definition) is 2. The fourth-order valence-corrected chi connectivity index (χ4v) is 1.83. The summed E-state index contributed by atoms with van der Waals surface area (Å²) in [4.78, 5) is 11.8. The number of rotatable bonds is 6. The summed E-state index contributed by atoms with van der Waals surface area (Å²) in [6.45, 7) is 2.86. The van der Waals surface area contributed by atoms with Crippen LogP contribution in [0.15, 0.2) is 22.7 Å². The van der Waals surface area contributed by atoms with Gasteiger partial charge in [0.2, 0.25) is 0 Å².